The van der Waals surface area contributed by atoms with Crippen molar-refractivity contribution in [1.82, 2.24) is 14.9 Å². The van der Waals surface area contributed by atoms with E-state index >= 15 is 0 Å². The van der Waals surface area contributed by atoms with Gasteiger partial charge in [0.25, 0.3) is 0 Å². The van der Waals surface area contributed by atoms with Gasteiger partial charge in [-0.3, -0.25) is 9.78 Å². The predicted molar refractivity (Wildman–Crippen MR) is 93.0 cm³/mol. The standard InChI is InChI=1S/C18H28N4O2/c1-15-17(20-9-8-19-15)22-10-3-6-18(14-22)7-5-16(23)21(13-18)11-4-12-24-2/h8-9H,3-7,10-14H2,1-2H3/t18-/m1/s1. The van der Waals surface area contributed by atoms with Crippen molar-refractivity contribution in [2.75, 3.05) is 44.8 Å². The van der Waals surface area contributed by atoms with E-state index in [0.29, 0.717) is 18.9 Å². The summed E-state index contributed by atoms with van der Waals surface area (Å²) in [4.78, 5) is 25.6. The van der Waals surface area contributed by atoms with Crippen LogP contribution in [-0.2, 0) is 9.53 Å². The first-order valence-electron chi connectivity index (χ1n) is 8.93. The minimum atomic E-state index is 0.198. The molecule has 2 aliphatic heterocycles. The number of hydrogen-bond donors (Lipinski definition) is 0. The molecule has 2 aliphatic rings. The van der Waals surface area contributed by atoms with Crippen LogP contribution in [0.15, 0.2) is 12.4 Å². The summed E-state index contributed by atoms with van der Waals surface area (Å²) >= 11 is 0. The van der Waals surface area contributed by atoms with E-state index in [9.17, 15) is 4.79 Å². The first-order chi connectivity index (χ1) is 11.6. The highest BCUT2D eigenvalue weighted by Crippen LogP contribution is 2.40. The van der Waals surface area contributed by atoms with Crippen molar-refractivity contribution in [3.63, 3.8) is 0 Å². The topological polar surface area (TPSA) is 58.6 Å². The van der Waals surface area contributed by atoms with Crippen molar-refractivity contribution in [2.45, 2.75) is 39.0 Å². The van der Waals surface area contributed by atoms with Gasteiger partial charge in [-0.15, -0.1) is 0 Å². The van der Waals surface area contributed by atoms with Crippen molar-refractivity contribution >= 4 is 11.7 Å². The van der Waals surface area contributed by atoms with E-state index < -0.39 is 0 Å². The fourth-order valence-electron chi connectivity index (χ4n) is 4.14. The molecule has 3 rings (SSSR count). The molecule has 1 aromatic heterocycles. The Morgan fingerprint density at radius 3 is 2.88 bits per heavy atom. The largest absolute Gasteiger partial charge is 0.385 e. The van der Waals surface area contributed by atoms with E-state index in [1.807, 2.05) is 6.92 Å². The molecule has 2 saturated heterocycles. The van der Waals surface area contributed by atoms with Crippen LogP contribution in [0.3, 0.4) is 0 Å². The fourth-order valence-corrected chi connectivity index (χ4v) is 4.14. The fraction of sp³-hybridized carbons (Fsp3) is 0.722. The lowest BCUT2D eigenvalue weighted by molar-refractivity contribution is -0.138. The Morgan fingerprint density at radius 1 is 1.25 bits per heavy atom. The quantitative estimate of drug-likeness (QED) is 0.772. The van der Waals surface area contributed by atoms with Gasteiger partial charge in [-0.05, 0) is 32.6 Å². The molecule has 132 valence electrons. The van der Waals surface area contributed by atoms with Crippen LogP contribution in [-0.4, -0.2) is 60.7 Å². The van der Waals surface area contributed by atoms with Crippen LogP contribution in [0.25, 0.3) is 0 Å². The summed E-state index contributed by atoms with van der Waals surface area (Å²) < 4.78 is 5.13. The van der Waals surface area contributed by atoms with Crippen LogP contribution in [0, 0.1) is 12.3 Å². The van der Waals surface area contributed by atoms with E-state index in [4.69, 9.17) is 4.74 Å². The van der Waals surface area contributed by atoms with Gasteiger partial charge in [-0.2, -0.15) is 0 Å². The van der Waals surface area contributed by atoms with Crippen molar-refractivity contribution < 1.29 is 9.53 Å². The van der Waals surface area contributed by atoms with Gasteiger partial charge < -0.3 is 14.5 Å². The Balaban J connectivity index is 1.70. The molecule has 1 aromatic rings. The molecule has 0 aliphatic carbocycles. The molecular weight excluding hydrogens is 304 g/mol. The number of methoxy groups -OCH3 is 1. The smallest absolute Gasteiger partial charge is 0.222 e. The minimum absolute atomic E-state index is 0.198. The first-order valence-corrected chi connectivity index (χ1v) is 8.93. The first kappa shape index (κ1) is 17.1. The number of carbonyl (C=O) groups is 1. The number of likely N-dealkylation sites (tertiary alicyclic amines) is 1. The number of nitrogens with zero attached hydrogens (tertiary/aromatic N) is 4. The SMILES string of the molecule is COCCCN1C[C@@]2(CCCN(c3nccnc3C)C2)CCC1=O. The number of rotatable bonds is 5. The molecule has 0 unspecified atom stereocenters. The maximum absolute atomic E-state index is 12.3. The van der Waals surface area contributed by atoms with Crippen LogP contribution < -0.4 is 4.90 Å². The van der Waals surface area contributed by atoms with Gasteiger partial charge in [0.15, 0.2) is 0 Å². The number of carbonyl (C=O) groups excluding carboxylic acids is 1. The minimum Gasteiger partial charge on any atom is -0.385 e. The highest BCUT2D eigenvalue weighted by Gasteiger charge is 2.42. The van der Waals surface area contributed by atoms with E-state index in [2.05, 4.69) is 19.8 Å². The normalized spacial score (nSPS) is 24.7. The van der Waals surface area contributed by atoms with Gasteiger partial charge in [-0.1, -0.05) is 0 Å². The summed E-state index contributed by atoms with van der Waals surface area (Å²) in [7, 11) is 1.71. The zero-order chi connectivity index (χ0) is 17.0. The van der Waals surface area contributed by atoms with Crippen LogP contribution in [0.4, 0.5) is 5.82 Å². The number of piperidine rings is 2. The lowest BCUT2D eigenvalue weighted by Crippen LogP contribution is -2.54. The molecule has 1 amide bonds. The monoisotopic (exact) mass is 332 g/mol. The van der Waals surface area contributed by atoms with E-state index in [-0.39, 0.29) is 5.41 Å². The Bertz CT molecular complexity index is 580. The van der Waals surface area contributed by atoms with E-state index in [0.717, 1.165) is 57.0 Å². The molecule has 24 heavy (non-hydrogen) atoms. The number of hydrogen-bond acceptors (Lipinski definition) is 5. The molecule has 2 fully saturated rings. The predicted octanol–water partition coefficient (Wildman–Crippen LogP) is 2.03. The maximum Gasteiger partial charge on any atom is 0.222 e. The van der Waals surface area contributed by atoms with Gasteiger partial charge in [0.05, 0.1) is 5.69 Å². The van der Waals surface area contributed by atoms with Gasteiger partial charge in [0, 0.05) is 64.1 Å². The molecule has 0 radical (unpaired) electrons. The molecule has 0 aromatic carbocycles. The molecular formula is C18H28N4O2. The van der Waals surface area contributed by atoms with Crippen LogP contribution in [0.5, 0.6) is 0 Å². The average molecular weight is 332 g/mol. The summed E-state index contributed by atoms with van der Waals surface area (Å²) in [5, 5.41) is 0. The van der Waals surface area contributed by atoms with Crippen molar-refractivity contribution in [3.05, 3.63) is 18.1 Å². The second kappa shape index (κ2) is 7.47. The number of anilines is 1. The highest BCUT2D eigenvalue weighted by atomic mass is 16.5. The van der Waals surface area contributed by atoms with E-state index in [1.54, 1.807) is 19.5 Å². The van der Waals surface area contributed by atoms with Gasteiger partial charge in [0.2, 0.25) is 5.91 Å². The second-order valence-electron chi connectivity index (χ2n) is 7.15. The van der Waals surface area contributed by atoms with Crippen molar-refractivity contribution in [2.24, 2.45) is 5.41 Å². The third-order valence-corrected chi connectivity index (χ3v) is 5.34. The molecule has 0 saturated carbocycles. The Morgan fingerprint density at radius 2 is 2.08 bits per heavy atom. The van der Waals surface area contributed by atoms with Gasteiger partial charge in [0.1, 0.15) is 5.82 Å². The maximum atomic E-state index is 12.3. The zero-order valence-corrected chi connectivity index (χ0v) is 14.8. The Labute approximate surface area is 144 Å². The van der Waals surface area contributed by atoms with Crippen LogP contribution in [0.2, 0.25) is 0 Å². The van der Waals surface area contributed by atoms with Crippen molar-refractivity contribution in [3.8, 4) is 0 Å². The molecule has 1 atom stereocenters. The van der Waals surface area contributed by atoms with Gasteiger partial charge >= 0.3 is 0 Å². The molecule has 0 N–H and O–H groups in total. The third kappa shape index (κ3) is 3.69. The van der Waals surface area contributed by atoms with Crippen LogP contribution in [0.1, 0.15) is 37.8 Å². The Hall–Kier alpha value is -1.69. The lowest BCUT2D eigenvalue weighted by atomic mass is 9.73. The summed E-state index contributed by atoms with van der Waals surface area (Å²) in [6.45, 7) is 6.40. The summed E-state index contributed by atoms with van der Waals surface area (Å²) in [6, 6.07) is 0. The Kier molecular flexibility index (Phi) is 5.33. The molecule has 6 nitrogen and oxygen atoms in total. The second-order valence-corrected chi connectivity index (χ2v) is 7.15. The number of ether oxygens (including phenoxy) is 1. The number of amides is 1. The summed E-state index contributed by atoms with van der Waals surface area (Å²) in [6.07, 6.45) is 8.42. The third-order valence-electron chi connectivity index (χ3n) is 5.34. The number of aryl methyl sites for hydroxylation is 1. The molecule has 0 bridgehead atoms. The summed E-state index contributed by atoms with van der Waals surface area (Å²) in [5.41, 5.74) is 1.18. The molecule has 6 heteroatoms. The van der Waals surface area contributed by atoms with Crippen LogP contribution >= 0.6 is 0 Å². The number of aromatic nitrogens is 2. The molecule has 1 spiro atoms. The summed E-state index contributed by atoms with van der Waals surface area (Å²) in [5.74, 6) is 1.30. The highest BCUT2D eigenvalue weighted by molar-refractivity contribution is 5.77. The van der Waals surface area contributed by atoms with E-state index in [1.165, 1.54) is 6.42 Å². The van der Waals surface area contributed by atoms with Gasteiger partial charge in [-0.25, -0.2) is 4.98 Å². The molecule has 3 heterocycles. The van der Waals surface area contributed by atoms with Crippen molar-refractivity contribution in [1.29, 1.82) is 0 Å². The average Bonchev–Trinajstić information content (AvgIpc) is 2.59. The lowest BCUT2D eigenvalue weighted by Gasteiger charge is -2.48. The zero-order valence-electron chi connectivity index (χ0n) is 14.8.